The first kappa shape index (κ1) is 18.5. The number of rotatable bonds is 3. The van der Waals surface area contributed by atoms with Gasteiger partial charge < -0.3 is 28.5 Å². The summed E-state index contributed by atoms with van der Waals surface area (Å²) < 4.78 is 28.0. The first-order valence-corrected chi connectivity index (χ1v) is 9.29. The van der Waals surface area contributed by atoms with Crippen LogP contribution in [0, 0.1) is 0 Å². The first-order valence-electron chi connectivity index (χ1n) is 9.29. The first-order chi connectivity index (χ1) is 14.4. The molecule has 2 aliphatic heterocycles. The zero-order valence-electron chi connectivity index (χ0n) is 16.5. The minimum Gasteiger partial charge on any atom is -0.493 e. The summed E-state index contributed by atoms with van der Waals surface area (Å²) in [5.74, 6) is 0.736. The number of Topliss-reactive ketones (excluding diaryl/α,β-unsaturated/α-hetero) is 2. The molecule has 154 valence electrons. The van der Waals surface area contributed by atoms with Crippen LogP contribution in [-0.2, 0) is 5.60 Å². The molecule has 0 aliphatic carbocycles. The Morgan fingerprint density at radius 3 is 2.60 bits per heavy atom. The maximum Gasteiger partial charge on any atom is 0.206 e. The number of furan rings is 1. The zero-order valence-corrected chi connectivity index (χ0v) is 16.5. The van der Waals surface area contributed by atoms with Crippen molar-refractivity contribution in [3.05, 3.63) is 47.2 Å². The molecule has 3 aromatic rings. The number of aliphatic hydroxyl groups is 1. The predicted octanol–water partition coefficient (Wildman–Crippen LogP) is 2.88. The summed E-state index contributed by atoms with van der Waals surface area (Å²) in [6.07, 6.45) is -0.996. The maximum absolute atomic E-state index is 13.5. The molecular weight excluding hydrogens is 392 g/mol. The number of ketones is 2. The summed E-state index contributed by atoms with van der Waals surface area (Å²) in [5.41, 5.74) is -1.12. The number of methoxy groups -OCH3 is 2. The fourth-order valence-electron chi connectivity index (χ4n) is 4.04. The standard InChI is InChI=1S/C22H18O8/c1-10(23)15-6-12-14(29-15)5-4-11-20(12)30-19-9-28-16-8-18(27-3)17(26-2)7-13(16)22(19,25)21(11)24/h4-8,19,25H,9H2,1-3H3. The van der Waals surface area contributed by atoms with Gasteiger partial charge in [-0.2, -0.15) is 0 Å². The summed E-state index contributed by atoms with van der Waals surface area (Å²) in [5, 5.41) is 12.1. The molecule has 2 aromatic carbocycles. The van der Waals surface area contributed by atoms with Crippen LogP contribution in [0.4, 0.5) is 0 Å². The number of hydrogen-bond donors (Lipinski definition) is 1. The molecule has 2 unspecified atom stereocenters. The van der Waals surface area contributed by atoms with Gasteiger partial charge in [0.25, 0.3) is 0 Å². The SMILES string of the molecule is COc1cc2c(cc1OC)C1(O)C(=O)c3ccc4oc(C(C)=O)cc4c3OC1CO2. The lowest BCUT2D eigenvalue weighted by molar-refractivity contribution is -0.0793. The van der Waals surface area contributed by atoms with Crippen LogP contribution in [0.15, 0.2) is 34.7 Å². The van der Waals surface area contributed by atoms with E-state index in [0.29, 0.717) is 28.2 Å². The van der Waals surface area contributed by atoms with E-state index < -0.39 is 17.5 Å². The van der Waals surface area contributed by atoms with E-state index in [9.17, 15) is 14.7 Å². The van der Waals surface area contributed by atoms with Gasteiger partial charge in [-0.25, -0.2) is 0 Å². The van der Waals surface area contributed by atoms with Crippen molar-refractivity contribution < 1.29 is 38.1 Å². The van der Waals surface area contributed by atoms with Gasteiger partial charge in [-0.15, -0.1) is 0 Å². The fraction of sp³-hybridized carbons (Fsp3) is 0.273. The van der Waals surface area contributed by atoms with Crippen molar-refractivity contribution in [2.75, 3.05) is 20.8 Å². The zero-order chi connectivity index (χ0) is 21.2. The van der Waals surface area contributed by atoms with Crippen LogP contribution in [0.25, 0.3) is 11.0 Å². The van der Waals surface area contributed by atoms with Crippen molar-refractivity contribution in [3.8, 4) is 23.0 Å². The third-order valence-electron chi connectivity index (χ3n) is 5.60. The predicted molar refractivity (Wildman–Crippen MR) is 104 cm³/mol. The van der Waals surface area contributed by atoms with Crippen molar-refractivity contribution in [1.82, 2.24) is 0 Å². The van der Waals surface area contributed by atoms with E-state index in [-0.39, 0.29) is 35.0 Å². The molecule has 0 bridgehead atoms. The number of carbonyl (C=O) groups excluding carboxylic acids is 2. The van der Waals surface area contributed by atoms with Gasteiger partial charge in [0.05, 0.1) is 25.2 Å². The molecule has 8 heteroatoms. The number of benzene rings is 2. The van der Waals surface area contributed by atoms with Crippen molar-refractivity contribution in [1.29, 1.82) is 0 Å². The van der Waals surface area contributed by atoms with Gasteiger partial charge in [-0.1, -0.05) is 0 Å². The number of ether oxygens (including phenoxy) is 4. The molecule has 3 heterocycles. The minimum atomic E-state index is -1.97. The Hall–Kier alpha value is -3.52. The highest BCUT2D eigenvalue weighted by atomic mass is 16.6. The average molecular weight is 410 g/mol. The Labute approximate surface area is 170 Å². The third kappa shape index (κ3) is 2.31. The molecule has 0 saturated carbocycles. The van der Waals surface area contributed by atoms with Crippen molar-refractivity contribution >= 4 is 22.5 Å². The third-order valence-corrected chi connectivity index (χ3v) is 5.60. The molecular formula is C22H18O8. The Balaban J connectivity index is 1.70. The highest BCUT2D eigenvalue weighted by Crippen LogP contribution is 2.50. The lowest BCUT2D eigenvalue weighted by Crippen LogP contribution is -2.57. The lowest BCUT2D eigenvalue weighted by atomic mass is 9.77. The summed E-state index contributed by atoms with van der Waals surface area (Å²) in [7, 11) is 2.95. The van der Waals surface area contributed by atoms with Crippen LogP contribution in [0.5, 0.6) is 23.0 Å². The number of carbonyl (C=O) groups is 2. The molecule has 8 nitrogen and oxygen atoms in total. The summed E-state index contributed by atoms with van der Waals surface area (Å²) in [4.78, 5) is 25.2. The van der Waals surface area contributed by atoms with E-state index in [4.69, 9.17) is 23.4 Å². The van der Waals surface area contributed by atoms with Crippen molar-refractivity contribution in [3.63, 3.8) is 0 Å². The molecule has 0 saturated heterocycles. The summed E-state index contributed by atoms with van der Waals surface area (Å²) >= 11 is 0. The molecule has 0 fully saturated rings. The van der Waals surface area contributed by atoms with Gasteiger partial charge in [-0.3, -0.25) is 9.59 Å². The van der Waals surface area contributed by atoms with Gasteiger partial charge in [-0.05, 0) is 24.3 Å². The van der Waals surface area contributed by atoms with Gasteiger partial charge in [0.15, 0.2) is 34.7 Å². The number of hydrogen-bond acceptors (Lipinski definition) is 8. The Morgan fingerprint density at radius 1 is 1.17 bits per heavy atom. The molecule has 30 heavy (non-hydrogen) atoms. The minimum absolute atomic E-state index is 0.0576. The van der Waals surface area contributed by atoms with Crippen molar-refractivity contribution in [2.24, 2.45) is 0 Å². The lowest BCUT2D eigenvalue weighted by Gasteiger charge is -2.43. The highest BCUT2D eigenvalue weighted by molar-refractivity contribution is 6.11. The van der Waals surface area contributed by atoms with Gasteiger partial charge in [0.2, 0.25) is 5.78 Å². The Kier molecular flexibility index (Phi) is 3.85. The second-order valence-electron chi connectivity index (χ2n) is 7.24. The van der Waals surface area contributed by atoms with Crippen LogP contribution in [0.1, 0.15) is 33.4 Å². The molecule has 2 aliphatic rings. The van der Waals surface area contributed by atoms with Crippen LogP contribution in [-0.4, -0.2) is 43.6 Å². The molecule has 5 rings (SSSR count). The summed E-state index contributed by atoms with van der Waals surface area (Å²) in [6.45, 7) is 1.33. The Bertz CT molecular complexity index is 1220. The smallest absolute Gasteiger partial charge is 0.206 e. The number of fused-ring (bicyclic) bond motifs is 6. The largest absolute Gasteiger partial charge is 0.493 e. The van der Waals surface area contributed by atoms with Crippen LogP contribution < -0.4 is 18.9 Å². The average Bonchev–Trinajstić information content (AvgIpc) is 3.19. The Morgan fingerprint density at radius 2 is 1.90 bits per heavy atom. The van der Waals surface area contributed by atoms with E-state index in [2.05, 4.69) is 0 Å². The van der Waals surface area contributed by atoms with E-state index >= 15 is 0 Å². The molecule has 2 atom stereocenters. The van der Waals surface area contributed by atoms with Crippen LogP contribution in [0.2, 0.25) is 0 Å². The maximum atomic E-state index is 13.5. The summed E-state index contributed by atoms with van der Waals surface area (Å²) in [6, 6.07) is 7.75. The van der Waals surface area contributed by atoms with Gasteiger partial charge in [0, 0.05) is 18.6 Å². The quantitative estimate of drug-likeness (QED) is 0.658. The normalized spacial score (nSPS) is 21.7. The molecule has 1 N–H and O–H groups in total. The van der Waals surface area contributed by atoms with E-state index in [1.165, 1.54) is 33.3 Å². The van der Waals surface area contributed by atoms with Crippen molar-refractivity contribution in [2.45, 2.75) is 18.6 Å². The second kappa shape index (κ2) is 6.24. The van der Waals surface area contributed by atoms with Crippen LogP contribution >= 0.6 is 0 Å². The van der Waals surface area contributed by atoms with E-state index in [0.717, 1.165) is 0 Å². The molecule has 0 radical (unpaired) electrons. The molecule has 0 spiro atoms. The van der Waals surface area contributed by atoms with E-state index in [1.54, 1.807) is 18.2 Å². The monoisotopic (exact) mass is 410 g/mol. The molecule has 1 aromatic heterocycles. The second-order valence-corrected chi connectivity index (χ2v) is 7.24. The van der Waals surface area contributed by atoms with Gasteiger partial charge in [0.1, 0.15) is 23.7 Å². The topological polar surface area (TPSA) is 104 Å². The fourth-order valence-corrected chi connectivity index (χ4v) is 4.04. The van der Waals surface area contributed by atoms with Crippen LogP contribution in [0.3, 0.4) is 0 Å². The van der Waals surface area contributed by atoms with E-state index in [1.807, 2.05) is 0 Å². The van der Waals surface area contributed by atoms with Gasteiger partial charge >= 0.3 is 0 Å². The highest BCUT2D eigenvalue weighted by Gasteiger charge is 2.56. The molecule has 0 amide bonds.